The van der Waals surface area contributed by atoms with Crippen molar-refractivity contribution in [1.82, 2.24) is 15.2 Å². The molecule has 5 nitrogen and oxygen atoms in total. The van der Waals surface area contributed by atoms with Gasteiger partial charge in [0.1, 0.15) is 0 Å². The Morgan fingerprint density at radius 2 is 2.08 bits per heavy atom. The summed E-state index contributed by atoms with van der Waals surface area (Å²) in [5.74, 6) is 0.691. The van der Waals surface area contributed by atoms with Gasteiger partial charge in [0.05, 0.1) is 12.5 Å². The van der Waals surface area contributed by atoms with E-state index < -0.39 is 0 Å². The van der Waals surface area contributed by atoms with E-state index in [0.29, 0.717) is 18.8 Å². The van der Waals surface area contributed by atoms with Gasteiger partial charge in [-0.15, -0.1) is 0 Å². The lowest BCUT2D eigenvalue weighted by Gasteiger charge is -2.33. The zero-order valence-corrected chi connectivity index (χ0v) is 13.9. The fraction of sp³-hybridized carbons (Fsp3) is 0.474. The van der Waals surface area contributed by atoms with E-state index in [-0.39, 0.29) is 23.9 Å². The molecule has 2 atom stereocenters. The van der Waals surface area contributed by atoms with Gasteiger partial charge in [-0.3, -0.25) is 9.59 Å². The summed E-state index contributed by atoms with van der Waals surface area (Å²) < 4.78 is 2.08. The third kappa shape index (κ3) is 2.90. The lowest BCUT2D eigenvalue weighted by molar-refractivity contribution is -0.127. The molecule has 1 aromatic carbocycles. The van der Waals surface area contributed by atoms with Crippen LogP contribution in [0.4, 0.5) is 0 Å². The highest BCUT2D eigenvalue weighted by Crippen LogP contribution is 2.36. The Hall–Kier alpha value is -2.30. The predicted octanol–water partition coefficient (Wildman–Crippen LogP) is 1.89. The minimum absolute atomic E-state index is 0.0349. The van der Waals surface area contributed by atoms with Gasteiger partial charge in [-0.25, -0.2) is 0 Å². The molecule has 5 heteroatoms. The van der Waals surface area contributed by atoms with E-state index in [9.17, 15) is 9.59 Å². The topological polar surface area (TPSA) is 63.1 Å². The summed E-state index contributed by atoms with van der Waals surface area (Å²) in [6, 6.07) is 10.4. The van der Waals surface area contributed by atoms with Crippen molar-refractivity contribution >= 4 is 22.7 Å². The third-order valence-electron chi connectivity index (χ3n) is 5.31. The standard InChI is InChI=1S/C19H23N3O2/c1-22-14(10-13-4-2-3-5-16(13)22)11-18(24)20-15-8-9-17(23)21-19(15)12-6-7-12/h2-5,10,12,15,19H,6-9,11H2,1H3,(H,20,24)(H,21,23)/t15-,19+/m1/s1. The van der Waals surface area contributed by atoms with Crippen LogP contribution in [0.1, 0.15) is 31.4 Å². The average Bonchev–Trinajstić information content (AvgIpc) is 3.36. The average molecular weight is 325 g/mol. The molecule has 0 unspecified atom stereocenters. The van der Waals surface area contributed by atoms with Crippen LogP contribution in [0.25, 0.3) is 10.9 Å². The number of nitrogens with one attached hydrogen (secondary N) is 2. The molecule has 2 amide bonds. The monoisotopic (exact) mass is 325 g/mol. The zero-order chi connectivity index (χ0) is 16.7. The maximum Gasteiger partial charge on any atom is 0.226 e. The Morgan fingerprint density at radius 1 is 1.29 bits per heavy atom. The summed E-state index contributed by atoms with van der Waals surface area (Å²) >= 11 is 0. The Balaban J connectivity index is 1.45. The summed E-state index contributed by atoms with van der Waals surface area (Å²) in [5, 5.41) is 7.39. The molecule has 4 rings (SSSR count). The molecule has 2 N–H and O–H groups in total. The van der Waals surface area contributed by atoms with Crippen LogP contribution in [-0.2, 0) is 23.1 Å². The summed E-state index contributed by atoms with van der Waals surface area (Å²) in [4.78, 5) is 24.2. The van der Waals surface area contributed by atoms with Crippen molar-refractivity contribution in [2.75, 3.05) is 0 Å². The van der Waals surface area contributed by atoms with Crippen LogP contribution >= 0.6 is 0 Å². The highest BCUT2D eigenvalue weighted by Gasteiger charge is 2.40. The van der Waals surface area contributed by atoms with Crippen LogP contribution in [-0.4, -0.2) is 28.5 Å². The van der Waals surface area contributed by atoms with Crippen molar-refractivity contribution in [2.24, 2.45) is 13.0 Å². The maximum atomic E-state index is 12.5. The molecule has 24 heavy (non-hydrogen) atoms. The van der Waals surface area contributed by atoms with Crippen LogP contribution in [0.15, 0.2) is 30.3 Å². The van der Waals surface area contributed by atoms with Gasteiger partial charge in [-0.2, -0.15) is 0 Å². The quantitative estimate of drug-likeness (QED) is 0.902. The molecule has 2 aromatic rings. The fourth-order valence-corrected chi connectivity index (χ4v) is 3.83. The van der Waals surface area contributed by atoms with E-state index in [1.165, 1.54) is 0 Å². The Labute approximate surface area is 141 Å². The lowest BCUT2D eigenvalue weighted by atomic mass is 9.94. The van der Waals surface area contributed by atoms with Crippen molar-refractivity contribution in [1.29, 1.82) is 0 Å². The van der Waals surface area contributed by atoms with Crippen LogP contribution < -0.4 is 10.6 Å². The molecular weight excluding hydrogens is 302 g/mol. The molecule has 2 heterocycles. The van der Waals surface area contributed by atoms with E-state index in [1.54, 1.807) is 0 Å². The number of aromatic nitrogens is 1. The second-order valence-electron chi connectivity index (χ2n) is 7.07. The molecule has 0 spiro atoms. The van der Waals surface area contributed by atoms with Gasteiger partial charge in [-0.1, -0.05) is 18.2 Å². The second kappa shape index (κ2) is 5.96. The Morgan fingerprint density at radius 3 is 2.83 bits per heavy atom. The molecule has 1 aromatic heterocycles. The van der Waals surface area contributed by atoms with Crippen molar-refractivity contribution in [3.8, 4) is 0 Å². The SMILES string of the molecule is Cn1c(CC(=O)N[C@@H]2CCC(=O)N[C@H]2C2CC2)cc2ccccc21. The van der Waals surface area contributed by atoms with Crippen LogP contribution in [0.3, 0.4) is 0 Å². The van der Waals surface area contributed by atoms with Gasteiger partial charge in [0.25, 0.3) is 0 Å². The number of hydrogen-bond donors (Lipinski definition) is 2. The maximum absolute atomic E-state index is 12.5. The molecule has 0 bridgehead atoms. The van der Waals surface area contributed by atoms with Crippen LogP contribution in [0.2, 0.25) is 0 Å². The number of carbonyl (C=O) groups is 2. The molecule has 2 fully saturated rings. The molecule has 1 aliphatic carbocycles. The molecule has 1 aliphatic heterocycles. The van der Waals surface area contributed by atoms with Gasteiger partial charge >= 0.3 is 0 Å². The molecule has 1 saturated heterocycles. The third-order valence-corrected chi connectivity index (χ3v) is 5.31. The van der Waals surface area contributed by atoms with Crippen LogP contribution in [0, 0.1) is 5.92 Å². The summed E-state index contributed by atoms with van der Waals surface area (Å²) in [6.07, 6.45) is 3.92. The molecule has 0 radical (unpaired) electrons. The highest BCUT2D eigenvalue weighted by atomic mass is 16.2. The summed E-state index contributed by atoms with van der Waals surface area (Å²) in [5.41, 5.74) is 2.15. The number of carbonyl (C=O) groups excluding carboxylic acids is 2. The number of aryl methyl sites for hydroxylation is 1. The van der Waals surface area contributed by atoms with E-state index in [4.69, 9.17) is 0 Å². The molecular formula is C19H23N3O2. The first kappa shape index (κ1) is 15.2. The molecule has 126 valence electrons. The number of benzene rings is 1. The van der Waals surface area contributed by atoms with E-state index >= 15 is 0 Å². The van der Waals surface area contributed by atoms with E-state index in [2.05, 4.69) is 33.4 Å². The number of rotatable bonds is 4. The van der Waals surface area contributed by atoms with E-state index in [1.807, 2.05) is 19.2 Å². The first-order chi connectivity index (χ1) is 11.6. The normalized spacial score (nSPS) is 24.0. The zero-order valence-electron chi connectivity index (χ0n) is 13.9. The first-order valence-corrected chi connectivity index (χ1v) is 8.74. The number of hydrogen-bond acceptors (Lipinski definition) is 2. The minimum atomic E-state index is 0.0349. The number of amides is 2. The smallest absolute Gasteiger partial charge is 0.226 e. The lowest BCUT2D eigenvalue weighted by Crippen LogP contribution is -2.56. The van der Waals surface area contributed by atoms with Crippen molar-refractivity contribution in [3.63, 3.8) is 0 Å². The van der Waals surface area contributed by atoms with Crippen molar-refractivity contribution < 1.29 is 9.59 Å². The van der Waals surface area contributed by atoms with Gasteiger partial charge < -0.3 is 15.2 Å². The molecule has 1 saturated carbocycles. The van der Waals surface area contributed by atoms with E-state index in [0.717, 1.165) is 35.9 Å². The van der Waals surface area contributed by atoms with Gasteiger partial charge in [0, 0.05) is 30.7 Å². The fourth-order valence-electron chi connectivity index (χ4n) is 3.83. The van der Waals surface area contributed by atoms with Crippen molar-refractivity contribution in [2.45, 2.75) is 44.2 Å². The Kier molecular flexibility index (Phi) is 3.79. The first-order valence-electron chi connectivity index (χ1n) is 8.74. The number of nitrogens with zero attached hydrogens (tertiary/aromatic N) is 1. The summed E-state index contributed by atoms with van der Waals surface area (Å²) in [6.45, 7) is 0. The number of fused-ring (bicyclic) bond motifs is 1. The van der Waals surface area contributed by atoms with Crippen molar-refractivity contribution in [3.05, 3.63) is 36.0 Å². The van der Waals surface area contributed by atoms with Gasteiger partial charge in [-0.05, 0) is 42.7 Å². The largest absolute Gasteiger partial charge is 0.351 e. The minimum Gasteiger partial charge on any atom is -0.351 e. The Bertz CT molecular complexity index is 791. The van der Waals surface area contributed by atoms with Gasteiger partial charge in [0.2, 0.25) is 11.8 Å². The van der Waals surface area contributed by atoms with Crippen LogP contribution in [0.5, 0.6) is 0 Å². The highest BCUT2D eigenvalue weighted by molar-refractivity contribution is 5.85. The second-order valence-corrected chi connectivity index (χ2v) is 7.07. The summed E-state index contributed by atoms with van der Waals surface area (Å²) in [7, 11) is 2.00. The predicted molar refractivity (Wildman–Crippen MR) is 92.4 cm³/mol. The molecule has 2 aliphatic rings. The van der Waals surface area contributed by atoms with Gasteiger partial charge in [0.15, 0.2) is 0 Å². The number of para-hydroxylation sites is 1. The number of piperidine rings is 1.